The summed E-state index contributed by atoms with van der Waals surface area (Å²) < 4.78 is 0. The van der Waals surface area contributed by atoms with Crippen LogP contribution in [0.2, 0.25) is 5.02 Å². The van der Waals surface area contributed by atoms with Crippen LogP contribution in [0.5, 0.6) is 5.75 Å². The Hall–Kier alpha value is -0.870. The van der Waals surface area contributed by atoms with Gasteiger partial charge < -0.3 is 10.4 Å². The summed E-state index contributed by atoms with van der Waals surface area (Å²) in [6.07, 6.45) is 1.85. The number of hydrogen-bond acceptors (Lipinski definition) is 3. The van der Waals surface area contributed by atoms with E-state index < -0.39 is 0 Å². The van der Waals surface area contributed by atoms with Gasteiger partial charge in [0.1, 0.15) is 5.75 Å². The van der Waals surface area contributed by atoms with Gasteiger partial charge in [-0.3, -0.25) is 4.79 Å². The van der Waals surface area contributed by atoms with Crippen molar-refractivity contribution in [2.75, 3.05) is 17.3 Å². The number of carbonyl (C=O) groups excluding carboxylic acids is 1. The smallest absolute Gasteiger partial charge is 0.234 e. The summed E-state index contributed by atoms with van der Waals surface area (Å²) in [7, 11) is 0. The van der Waals surface area contributed by atoms with E-state index in [-0.39, 0.29) is 11.7 Å². The molecule has 0 heterocycles. The van der Waals surface area contributed by atoms with E-state index in [4.69, 9.17) is 16.7 Å². The largest absolute Gasteiger partial charge is 0.508 e. The van der Waals surface area contributed by atoms with Crippen molar-refractivity contribution in [1.82, 2.24) is 0 Å². The lowest BCUT2D eigenvalue weighted by molar-refractivity contribution is -0.113. The number of hydrogen-bond donors (Lipinski definition) is 2. The first kappa shape index (κ1) is 11.2. The molecule has 0 bridgehead atoms. The van der Waals surface area contributed by atoms with Crippen molar-refractivity contribution >= 4 is 35.0 Å². The number of benzene rings is 1. The lowest BCUT2D eigenvalue weighted by Crippen LogP contribution is -2.13. The van der Waals surface area contributed by atoms with Gasteiger partial charge >= 0.3 is 0 Å². The highest BCUT2D eigenvalue weighted by Crippen LogP contribution is 2.25. The molecule has 3 nitrogen and oxygen atoms in total. The summed E-state index contributed by atoms with van der Waals surface area (Å²) in [6.45, 7) is 0. The maximum absolute atomic E-state index is 11.2. The predicted molar refractivity (Wildman–Crippen MR) is 60.1 cm³/mol. The van der Waals surface area contributed by atoms with Crippen LogP contribution < -0.4 is 5.32 Å². The van der Waals surface area contributed by atoms with Crippen molar-refractivity contribution in [3.05, 3.63) is 23.2 Å². The van der Waals surface area contributed by atoms with E-state index in [1.807, 2.05) is 6.26 Å². The van der Waals surface area contributed by atoms with Crippen LogP contribution in [0.4, 0.5) is 5.69 Å². The Bertz CT molecular complexity index is 344. The summed E-state index contributed by atoms with van der Waals surface area (Å²) in [5, 5.41) is 12.0. The Kier molecular flexibility index (Phi) is 4.10. The second-order valence-corrected chi connectivity index (χ2v) is 3.92. The molecule has 0 spiro atoms. The molecule has 0 aliphatic rings. The van der Waals surface area contributed by atoms with E-state index in [1.165, 1.54) is 23.9 Å². The van der Waals surface area contributed by atoms with Crippen LogP contribution in [-0.4, -0.2) is 23.0 Å². The number of rotatable bonds is 3. The molecular formula is C9H10ClNO2S. The maximum atomic E-state index is 11.2. The number of phenols is 1. The SMILES string of the molecule is CSCC(=O)Nc1ccc(O)cc1Cl. The standard InChI is InChI=1S/C9H10ClNO2S/c1-14-5-9(13)11-8-3-2-6(12)4-7(8)10/h2-4,12H,5H2,1H3,(H,11,13). The number of aromatic hydroxyl groups is 1. The van der Waals surface area contributed by atoms with Crippen molar-refractivity contribution < 1.29 is 9.90 Å². The number of thioether (sulfide) groups is 1. The summed E-state index contributed by atoms with van der Waals surface area (Å²) in [5.41, 5.74) is 0.517. The third kappa shape index (κ3) is 3.12. The number of anilines is 1. The summed E-state index contributed by atoms with van der Waals surface area (Å²) in [4.78, 5) is 11.2. The number of nitrogens with one attached hydrogen (secondary N) is 1. The first-order valence-corrected chi connectivity index (χ1v) is 5.68. The molecule has 0 aromatic heterocycles. The van der Waals surface area contributed by atoms with Gasteiger partial charge in [-0.05, 0) is 18.4 Å². The van der Waals surface area contributed by atoms with Gasteiger partial charge in [-0.1, -0.05) is 11.6 Å². The zero-order valence-electron chi connectivity index (χ0n) is 7.58. The molecule has 5 heteroatoms. The van der Waals surface area contributed by atoms with Crippen LogP contribution >= 0.6 is 23.4 Å². The molecule has 0 fully saturated rings. The van der Waals surface area contributed by atoms with Gasteiger partial charge in [0.2, 0.25) is 5.91 Å². The van der Waals surface area contributed by atoms with Gasteiger partial charge in [0.25, 0.3) is 0 Å². The summed E-state index contributed by atoms with van der Waals surface area (Å²) in [6, 6.07) is 4.42. The van der Waals surface area contributed by atoms with E-state index in [9.17, 15) is 4.79 Å². The van der Waals surface area contributed by atoms with Gasteiger partial charge in [-0.25, -0.2) is 0 Å². The molecule has 0 radical (unpaired) electrons. The highest BCUT2D eigenvalue weighted by Gasteiger charge is 2.05. The van der Waals surface area contributed by atoms with E-state index in [2.05, 4.69) is 5.32 Å². The highest BCUT2D eigenvalue weighted by atomic mass is 35.5. The summed E-state index contributed by atoms with van der Waals surface area (Å²) in [5.74, 6) is 0.361. The van der Waals surface area contributed by atoms with Gasteiger partial charge in [-0.15, -0.1) is 0 Å². The molecule has 0 saturated carbocycles. The van der Waals surface area contributed by atoms with E-state index in [0.29, 0.717) is 16.5 Å². The minimum absolute atomic E-state index is 0.0814. The normalized spacial score (nSPS) is 9.86. The second kappa shape index (κ2) is 5.12. The molecule has 1 aromatic rings. The molecule has 1 rings (SSSR count). The Balaban J connectivity index is 2.72. The van der Waals surface area contributed by atoms with E-state index in [0.717, 1.165) is 0 Å². The number of phenolic OH excluding ortho intramolecular Hbond substituents is 1. The summed E-state index contributed by atoms with van der Waals surface area (Å²) >= 11 is 7.23. The minimum atomic E-state index is -0.106. The van der Waals surface area contributed by atoms with Crippen LogP contribution in [0, 0.1) is 0 Å². The Morgan fingerprint density at radius 1 is 1.64 bits per heavy atom. The van der Waals surface area contributed by atoms with Gasteiger partial charge in [0.15, 0.2) is 0 Å². The molecule has 2 N–H and O–H groups in total. The van der Waals surface area contributed by atoms with Crippen molar-refractivity contribution in [3.63, 3.8) is 0 Å². The molecule has 0 unspecified atom stereocenters. The molecule has 0 saturated heterocycles. The van der Waals surface area contributed by atoms with Crippen LogP contribution in [0.1, 0.15) is 0 Å². The fourth-order valence-electron chi connectivity index (χ4n) is 0.923. The third-order valence-electron chi connectivity index (χ3n) is 1.50. The van der Waals surface area contributed by atoms with E-state index in [1.54, 1.807) is 6.07 Å². The number of amides is 1. The molecule has 76 valence electrons. The third-order valence-corrected chi connectivity index (χ3v) is 2.37. The Labute approximate surface area is 91.5 Å². The predicted octanol–water partition coefficient (Wildman–Crippen LogP) is 2.35. The Morgan fingerprint density at radius 3 is 2.93 bits per heavy atom. The molecule has 0 atom stereocenters. The van der Waals surface area contributed by atoms with Crippen LogP contribution in [0.3, 0.4) is 0 Å². The van der Waals surface area contributed by atoms with Crippen LogP contribution in [-0.2, 0) is 4.79 Å². The Morgan fingerprint density at radius 2 is 2.36 bits per heavy atom. The van der Waals surface area contributed by atoms with Gasteiger partial charge in [0.05, 0.1) is 16.5 Å². The number of carbonyl (C=O) groups is 1. The molecule has 1 aromatic carbocycles. The van der Waals surface area contributed by atoms with Gasteiger partial charge in [0, 0.05) is 6.07 Å². The minimum Gasteiger partial charge on any atom is -0.508 e. The molecule has 0 aliphatic heterocycles. The second-order valence-electron chi connectivity index (χ2n) is 2.65. The van der Waals surface area contributed by atoms with Crippen molar-refractivity contribution in [2.24, 2.45) is 0 Å². The zero-order chi connectivity index (χ0) is 10.6. The highest BCUT2D eigenvalue weighted by molar-refractivity contribution is 7.99. The quantitative estimate of drug-likeness (QED) is 0.786. The fourth-order valence-corrected chi connectivity index (χ4v) is 1.48. The van der Waals surface area contributed by atoms with E-state index >= 15 is 0 Å². The first-order chi connectivity index (χ1) is 6.63. The fraction of sp³-hybridized carbons (Fsp3) is 0.222. The number of halogens is 1. The zero-order valence-corrected chi connectivity index (χ0v) is 9.15. The average molecular weight is 232 g/mol. The monoisotopic (exact) mass is 231 g/mol. The lowest BCUT2D eigenvalue weighted by atomic mass is 10.3. The molecule has 1 amide bonds. The molecule has 14 heavy (non-hydrogen) atoms. The van der Waals surface area contributed by atoms with Crippen molar-refractivity contribution in [2.45, 2.75) is 0 Å². The lowest BCUT2D eigenvalue weighted by Gasteiger charge is -2.06. The molecular weight excluding hydrogens is 222 g/mol. The van der Waals surface area contributed by atoms with Crippen LogP contribution in [0.25, 0.3) is 0 Å². The first-order valence-electron chi connectivity index (χ1n) is 3.91. The van der Waals surface area contributed by atoms with Crippen molar-refractivity contribution in [1.29, 1.82) is 0 Å². The average Bonchev–Trinajstić information content (AvgIpc) is 2.10. The van der Waals surface area contributed by atoms with Crippen molar-refractivity contribution in [3.8, 4) is 5.75 Å². The maximum Gasteiger partial charge on any atom is 0.234 e. The topological polar surface area (TPSA) is 49.3 Å². The van der Waals surface area contributed by atoms with Gasteiger partial charge in [-0.2, -0.15) is 11.8 Å². The van der Waals surface area contributed by atoms with Crippen LogP contribution in [0.15, 0.2) is 18.2 Å². The molecule has 0 aliphatic carbocycles.